The smallest absolute Gasteiger partial charge is 0.361 e. The Morgan fingerprint density at radius 3 is 2.42 bits per heavy atom. The number of benzene rings is 1. The van der Waals surface area contributed by atoms with Crippen molar-refractivity contribution in [3.05, 3.63) is 40.1 Å². The summed E-state index contributed by atoms with van der Waals surface area (Å²) < 4.78 is 16.1. The number of hydrogen-bond donors (Lipinski definition) is 2. The van der Waals surface area contributed by atoms with Crippen molar-refractivity contribution in [1.29, 1.82) is 0 Å². The Morgan fingerprint density at radius 2 is 1.85 bits per heavy atom. The van der Waals surface area contributed by atoms with E-state index in [2.05, 4.69) is 21.2 Å². The predicted octanol–water partition coefficient (Wildman–Crippen LogP) is 2.05. The van der Waals surface area contributed by atoms with E-state index < -0.39 is 17.4 Å². The second-order valence-electron chi connectivity index (χ2n) is 6.71. The normalized spacial score (nSPS) is 16.1. The van der Waals surface area contributed by atoms with E-state index in [1.807, 2.05) is 0 Å². The van der Waals surface area contributed by atoms with Crippen LogP contribution in [0.4, 0.5) is 10.5 Å². The van der Waals surface area contributed by atoms with Crippen molar-refractivity contribution in [3.8, 4) is 0 Å². The standard InChI is InChI=1S/C18H20N4O3S/c1-22-13(10-23)9-16(20-22)26(25)21-18(24)19-17-14-6-2-4-11(14)8-12-5-3-7-15(12)17/h8-10H,2-7H2,1H3,(H2,19,21,24). The third-order valence-corrected chi connectivity index (χ3v) is 6.05. The number of hydrogen-bond acceptors (Lipinski definition) is 4. The highest BCUT2D eigenvalue weighted by atomic mass is 32.2. The van der Waals surface area contributed by atoms with Gasteiger partial charge in [-0.15, -0.1) is 9.82 Å². The van der Waals surface area contributed by atoms with Crippen molar-refractivity contribution >= 4 is 29.4 Å². The van der Waals surface area contributed by atoms with Crippen LogP contribution in [0, 0.1) is 0 Å². The van der Waals surface area contributed by atoms with E-state index in [4.69, 9.17) is 0 Å². The SMILES string of the molecule is Cn1nc([S+]([O-])NC(=O)Nc2c3c(cc4c2CCC4)CCC3)cc1C=O. The zero-order valence-electron chi connectivity index (χ0n) is 14.5. The molecule has 0 saturated carbocycles. The Kier molecular flexibility index (Phi) is 4.46. The van der Waals surface area contributed by atoms with Crippen LogP contribution in [0.25, 0.3) is 0 Å². The van der Waals surface area contributed by atoms with Crippen LogP contribution in [0.15, 0.2) is 17.2 Å². The van der Waals surface area contributed by atoms with E-state index >= 15 is 0 Å². The van der Waals surface area contributed by atoms with E-state index in [0.717, 1.165) is 44.2 Å². The first kappa shape index (κ1) is 17.1. The van der Waals surface area contributed by atoms with E-state index in [-0.39, 0.29) is 5.03 Å². The van der Waals surface area contributed by atoms with Gasteiger partial charge in [-0.05, 0) is 60.8 Å². The number of rotatable bonds is 4. The minimum Gasteiger partial charge on any atom is -0.586 e. The first-order chi connectivity index (χ1) is 12.6. The summed E-state index contributed by atoms with van der Waals surface area (Å²) in [6, 6.07) is 3.18. The van der Waals surface area contributed by atoms with Crippen molar-refractivity contribution in [2.24, 2.45) is 7.05 Å². The molecule has 2 aliphatic carbocycles. The molecule has 136 valence electrons. The zero-order chi connectivity index (χ0) is 18.3. The fourth-order valence-corrected chi connectivity index (χ4v) is 4.65. The number of aryl methyl sites for hydroxylation is 3. The van der Waals surface area contributed by atoms with Gasteiger partial charge in [0.15, 0.2) is 6.29 Å². The van der Waals surface area contributed by atoms with E-state index in [1.54, 1.807) is 7.05 Å². The van der Waals surface area contributed by atoms with Crippen LogP contribution in [0.5, 0.6) is 0 Å². The fourth-order valence-electron chi connectivity index (χ4n) is 3.90. The molecule has 1 unspecified atom stereocenters. The lowest BCUT2D eigenvalue weighted by Crippen LogP contribution is -2.35. The highest BCUT2D eigenvalue weighted by Crippen LogP contribution is 2.38. The summed E-state index contributed by atoms with van der Waals surface area (Å²) >= 11 is -1.83. The summed E-state index contributed by atoms with van der Waals surface area (Å²) in [6.45, 7) is 0. The molecule has 26 heavy (non-hydrogen) atoms. The molecule has 0 aliphatic heterocycles. The van der Waals surface area contributed by atoms with Crippen LogP contribution in [0.3, 0.4) is 0 Å². The average Bonchev–Trinajstić information content (AvgIpc) is 3.33. The van der Waals surface area contributed by atoms with Gasteiger partial charge in [0.2, 0.25) is 0 Å². The molecule has 2 N–H and O–H groups in total. The lowest BCUT2D eigenvalue weighted by molar-refractivity contribution is 0.111. The number of aldehydes is 1. The van der Waals surface area contributed by atoms with Crippen LogP contribution < -0.4 is 10.0 Å². The first-order valence-corrected chi connectivity index (χ1v) is 9.87. The fraction of sp³-hybridized carbons (Fsp3) is 0.389. The number of nitrogens with one attached hydrogen (secondary N) is 2. The highest BCUT2D eigenvalue weighted by molar-refractivity contribution is 7.90. The number of carbonyl (C=O) groups excluding carboxylic acids is 2. The summed E-state index contributed by atoms with van der Waals surface area (Å²) in [5, 5.41) is 7.08. The molecule has 2 aromatic rings. The summed E-state index contributed by atoms with van der Waals surface area (Å²) in [7, 11) is 1.58. The monoisotopic (exact) mass is 372 g/mol. The summed E-state index contributed by atoms with van der Waals surface area (Å²) in [5.41, 5.74) is 6.27. The van der Waals surface area contributed by atoms with Crippen LogP contribution >= 0.6 is 0 Å². The molecule has 2 amide bonds. The number of carbonyl (C=O) groups is 2. The minimum absolute atomic E-state index is 0.147. The Morgan fingerprint density at radius 1 is 1.19 bits per heavy atom. The number of fused-ring (bicyclic) bond motifs is 2. The maximum absolute atomic E-state index is 12.4. The molecule has 1 aromatic heterocycles. The van der Waals surface area contributed by atoms with Crippen LogP contribution in [0.2, 0.25) is 0 Å². The zero-order valence-corrected chi connectivity index (χ0v) is 15.3. The van der Waals surface area contributed by atoms with Gasteiger partial charge in [0.25, 0.3) is 5.03 Å². The van der Waals surface area contributed by atoms with E-state index in [9.17, 15) is 14.1 Å². The molecule has 1 aromatic carbocycles. The van der Waals surface area contributed by atoms with Crippen molar-refractivity contribution in [2.75, 3.05) is 5.32 Å². The topological polar surface area (TPSA) is 99.1 Å². The average molecular weight is 372 g/mol. The van der Waals surface area contributed by atoms with Crippen LogP contribution in [-0.4, -0.2) is 26.7 Å². The van der Waals surface area contributed by atoms with Gasteiger partial charge in [0, 0.05) is 18.8 Å². The molecule has 0 saturated heterocycles. The molecule has 0 fully saturated rings. The molecule has 0 radical (unpaired) electrons. The third kappa shape index (κ3) is 2.99. The first-order valence-electron chi connectivity index (χ1n) is 8.72. The lowest BCUT2D eigenvalue weighted by atomic mass is 9.99. The molecule has 4 rings (SSSR count). The Labute approximate surface area is 154 Å². The summed E-state index contributed by atoms with van der Waals surface area (Å²) in [6.07, 6.45) is 6.85. The van der Waals surface area contributed by atoms with Gasteiger partial charge in [-0.2, -0.15) is 0 Å². The van der Waals surface area contributed by atoms with Gasteiger partial charge in [-0.25, -0.2) is 4.79 Å². The number of nitrogens with zero attached hydrogens (tertiary/aromatic N) is 2. The molecule has 1 heterocycles. The Balaban J connectivity index is 1.53. The van der Waals surface area contributed by atoms with E-state index in [0.29, 0.717) is 12.0 Å². The van der Waals surface area contributed by atoms with E-state index in [1.165, 1.54) is 33.0 Å². The summed E-state index contributed by atoms with van der Waals surface area (Å²) in [4.78, 5) is 23.3. The number of anilines is 1. The van der Waals surface area contributed by atoms with Gasteiger partial charge < -0.3 is 9.87 Å². The van der Waals surface area contributed by atoms with Crippen molar-refractivity contribution in [2.45, 2.75) is 43.6 Å². The minimum atomic E-state index is -1.83. The second-order valence-corrected chi connectivity index (χ2v) is 7.87. The molecule has 2 aliphatic rings. The van der Waals surface area contributed by atoms with Crippen LogP contribution in [-0.2, 0) is 44.1 Å². The number of amides is 2. The van der Waals surface area contributed by atoms with Gasteiger partial charge in [-0.3, -0.25) is 9.48 Å². The second kappa shape index (κ2) is 6.77. The molecule has 8 heteroatoms. The maximum atomic E-state index is 12.4. The summed E-state index contributed by atoms with van der Waals surface area (Å²) in [5.74, 6) is 0. The van der Waals surface area contributed by atoms with Crippen LogP contribution in [0.1, 0.15) is 45.6 Å². The quantitative estimate of drug-likeness (QED) is 0.634. The van der Waals surface area contributed by atoms with Gasteiger partial charge in [0.05, 0.1) is 0 Å². The number of aromatic nitrogens is 2. The van der Waals surface area contributed by atoms with Crippen molar-refractivity contribution in [3.63, 3.8) is 0 Å². The molecular weight excluding hydrogens is 352 g/mol. The van der Waals surface area contributed by atoms with Crippen molar-refractivity contribution in [1.82, 2.24) is 14.5 Å². The molecule has 0 bridgehead atoms. The predicted molar refractivity (Wildman–Crippen MR) is 97.7 cm³/mol. The largest absolute Gasteiger partial charge is 0.586 e. The van der Waals surface area contributed by atoms with Gasteiger partial charge in [-0.1, -0.05) is 6.07 Å². The Bertz CT molecular complexity index is 861. The van der Waals surface area contributed by atoms with Gasteiger partial charge in [0.1, 0.15) is 17.1 Å². The lowest BCUT2D eigenvalue weighted by Gasteiger charge is -2.16. The molecular formula is C18H20N4O3S. The molecule has 0 spiro atoms. The third-order valence-electron chi connectivity index (χ3n) is 5.10. The maximum Gasteiger partial charge on any atom is 0.361 e. The van der Waals surface area contributed by atoms with Crippen molar-refractivity contribution < 1.29 is 14.1 Å². The molecule has 1 atom stereocenters. The van der Waals surface area contributed by atoms with Gasteiger partial charge >= 0.3 is 6.03 Å². The molecule has 7 nitrogen and oxygen atoms in total. The Hall–Kier alpha value is -2.32. The number of urea groups is 1. The highest BCUT2D eigenvalue weighted by Gasteiger charge is 2.27.